The monoisotopic (exact) mass is 552 g/mol. The van der Waals surface area contributed by atoms with Crippen molar-refractivity contribution in [3.05, 3.63) is 93.3 Å². The first-order chi connectivity index (χ1) is 17.3. The van der Waals surface area contributed by atoms with Crippen LogP contribution in [0.4, 0.5) is 10.1 Å². The number of hydrogen-bond donors (Lipinski definition) is 1. The molecule has 0 fully saturated rings. The third kappa shape index (κ3) is 5.98. The molecule has 3 aromatic rings. The van der Waals surface area contributed by atoms with Crippen LogP contribution < -0.4 is 14.8 Å². The number of rotatable bonds is 8. The van der Waals surface area contributed by atoms with E-state index in [4.69, 9.17) is 14.2 Å². The Labute approximate surface area is 215 Å². The lowest BCUT2D eigenvalue weighted by atomic mass is 10.1. The molecule has 0 radical (unpaired) electrons. The minimum Gasteiger partial charge on any atom is -0.490 e. The molecule has 0 bridgehead atoms. The van der Waals surface area contributed by atoms with E-state index in [-0.39, 0.29) is 29.9 Å². The Balaban J connectivity index is 1.58. The van der Waals surface area contributed by atoms with Gasteiger partial charge in [-0.3, -0.25) is 4.79 Å². The maximum absolute atomic E-state index is 14.0. The van der Waals surface area contributed by atoms with Crippen LogP contribution in [-0.4, -0.2) is 24.4 Å². The Hall–Kier alpha value is -3.98. The smallest absolute Gasteiger partial charge is 0.363 e. The van der Waals surface area contributed by atoms with Gasteiger partial charge in [-0.2, -0.15) is 0 Å². The number of benzene rings is 3. The van der Waals surface area contributed by atoms with Crippen LogP contribution in [0.15, 0.2) is 75.8 Å². The number of cyclic esters (lactones) is 1. The summed E-state index contributed by atoms with van der Waals surface area (Å²) in [6.07, 6.45) is 1.58. The highest BCUT2D eigenvalue weighted by atomic mass is 79.9. The number of aliphatic imine (C=N–C) groups is 1. The zero-order valence-corrected chi connectivity index (χ0v) is 21.1. The van der Waals surface area contributed by atoms with Gasteiger partial charge in [-0.25, -0.2) is 14.2 Å². The summed E-state index contributed by atoms with van der Waals surface area (Å²) in [6.45, 7) is 3.65. The maximum atomic E-state index is 14.0. The van der Waals surface area contributed by atoms with Gasteiger partial charge in [-0.1, -0.05) is 18.2 Å². The molecule has 1 aliphatic heterocycles. The largest absolute Gasteiger partial charge is 0.490 e. The van der Waals surface area contributed by atoms with E-state index in [0.717, 1.165) is 0 Å². The van der Waals surface area contributed by atoms with Gasteiger partial charge in [0.05, 0.1) is 11.1 Å². The second-order valence-electron chi connectivity index (χ2n) is 7.74. The van der Waals surface area contributed by atoms with Gasteiger partial charge >= 0.3 is 5.97 Å². The van der Waals surface area contributed by atoms with Crippen molar-refractivity contribution in [1.82, 2.24) is 0 Å². The highest BCUT2D eigenvalue weighted by Crippen LogP contribution is 2.38. The molecule has 0 spiro atoms. The topological polar surface area (TPSA) is 86.2 Å². The molecule has 0 saturated carbocycles. The second kappa shape index (κ2) is 11.2. The number of anilines is 1. The lowest BCUT2D eigenvalue weighted by Crippen LogP contribution is -2.07. The lowest BCUT2D eigenvalue weighted by Gasteiger charge is -2.15. The van der Waals surface area contributed by atoms with Crippen LogP contribution in [0, 0.1) is 5.82 Å². The van der Waals surface area contributed by atoms with Crippen LogP contribution in [0.2, 0.25) is 0 Å². The lowest BCUT2D eigenvalue weighted by molar-refractivity contribution is -0.129. The van der Waals surface area contributed by atoms with Gasteiger partial charge in [-0.05, 0) is 77.0 Å². The van der Waals surface area contributed by atoms with Gasteiger partial charge < -0.3 is 19.5 Å². The van der Waals surface area contributed by atoms with Crippen molar-refractivity contribution in [1.29, 1.82) is 0 Å². The fourth-order valence-electron chi connectivity index (χ4n) is 3.43. The molecule has 1 heterocycles. The number of carbonyl (C=O) groups is 2. The Morgan fingerprint density at radius 2 is 1.89 bits per heavy atom. The molecular weight excluding hydrogens is 531 g/mol. The molecule has 1 amide bonds. The molecule has 36 heavy (non-hydrogen) atoms. The number of carbonyl (C=O) groups excluding carboxylic acids is 2. The zero-order valence-electron chi connectivity index (χ0n) is 19.5. The summed E-state index contributed by atoms with van der Waals surface area (Å²) in [7, 11) is 0. The highest BCUT2D eigenvalue weighted by molar-refractivity contribution is 9.10. The molecule has 3 aromatic carbocycles. The first-order valence-electron chi connectivity index (χ1n) is 11.1. The molecule has 0 unspecified atom stereocenters. The van der Waals surface area contributed by atoms with Gasteiger partial charge in [0.25, 0.3) is 0 Å². The first-order valence-corrected chi connectivity index (χ1v) is 11.9. The number of halogens is 2. The summed E-state index contributed by atoms with van der Waals surface area (Å²) in [6, 6.07) is 16.6. The van der Waals surface area contributed by atoms with Gasteiger partial charge in [0.1, 0.15) is 12.4 Å². The van der Waals surface area contributed by atoms with Gasteiger partial charge in [0.15, 0.2) is 17.2 Å². The average molecular weight is 553 g/mol. The van der Waals surface area contributed by atoms with E-state index in [9.17, 15) is 14.0 Å². The predicted molar refractivity (Wildman–Crippen MR) is 137 cm³/mol. The Morgan fingerprint density at radius 3 is 2.58 bits per heavy atom. The van der Waals surface area contributed by atoms with E-state index in [1.165, 1.54) is 13.0 Å². The van der Waals surface area contributed by atoms with Crippen LogP contribution in [0.5, 0.6) is 11.5 Å². The van der Waals surface area contributed by atoms with Crippen LogP contribution in [0.25, 0.3) is 6.08 Å². The van der Waals surface area contributed by atoms with Crippen molar-refractivity contribution in [2.75, 3.05) is 11.9 Å². The van der Waals surface area contributed by atoms with E-state index in [1.54, 1.807) is 60.7 Å². The first kappa shape index (κ1) is 25.1. The zero-order chi connectivity index (χ0) is 25.7. The standard InChI is InChI=1S/C27H22BrFN2O5/c1-3-34-24-14-17(12-21(28)25(24)35-15-19-6-4-5-7-22(19)29)13-23-27(33)36-26(31-23)18-8-10-20(11-9-18)30-16(2)32/h4-14H,3,15H2,1-2H3,(H,30,32)/b23-13-. The molecule has 9 heteroatoms. The normalized spacial score (nSPS) is 13.8. The number of ether oxygens (including phenoxy) is 3. The number of nitrogens with one attached hydrogen (secondary N) is 1. The van der Waals surface area contributed by atoms with Crippen LogP contribution in [-0.2, 0) is 20.9 Å². The second-order valence-corrected chi connectivity index (χ2v) is 8.59. The molecule has 0 aromatic heterocycles. The average Bonchev–Trinajstić information content (AvgIpc) is 3.20. The van der Waals surface area contributed by atoms with Gasteiger partial charge in [0, 0.05) is 23.7 Å². The maximum Gasteiger partial charge on any atom is 0.363 e. The number of hydrogen-bond acceptors (Lipinski definition) is 6. The molecule has 7 nitrogen and oxygen atoms in total. The summed E-state index contributed by atoms with van der Waals surface area (Å²) >= 11 is 3.49. The summed E-state index contributed by atoms with van der Waals surface area (Å²) in [5.41, 5.74) is 2.37. The fraction of sp³-hybridized carbons (Fsp3) is 0.148. The van der Waals surface area contributed by atoms with E-state index in [1.807, 2.05) is 6.92 Å². The molecule has 1 aliphatic rings. The van der Waals surface area contributed by atoms with Crippen molar-refractivity contribution < 1.29 is 28.2 Å². The Kier molecular flexibility index (Phi) is 7.80. The third-order valence-electron chi connectivity index (χ3n) is 5.04. The van der Waals surface area contributed by atoms with Gasteiger partial charge in [-0.15, -0.1) is 0 Å². The summed E-state index contributed by atoms with van der Waals surface area (Å²) in [5, 5.41) is 2.68. The molecular formula is C27H22BrFN2O5. The third-order valence-corrected chi connectivity index (χ3v) is 5.63. The van der Waals surface area contributed by atoms with Crippen molar-refractivity contribution in [2.24, 2.45) is 4.99 Å². The molecule has 1 N–H and O–H groups in total. The van der Waals surface area contributed by atoms with E-state index in [0.29, 0.717) is 45.0 Å². The summed E-state index contributed by atoms with van der Waals surface area (Å²) in [5.74, 6) is -0.122. The summed E-state index contributed by atoms with van der Waals surface area (Å²) < 4.78 is 31.5. The summed E-state index contributed by atoms with van der Waals surface area (Å²) in [4.78, 5) is 28.0. The van der Waals surface area contributed by atoms with E-state index >= 15 is 0 Å². The predicted octanol–water partition coefficient (Wildman–Crippen LogP) is 5.87. The van der Waals surface area contributed by atoms with Crippen LogP contribution in [0.3, 0.4) is 0 Å². The quantitative estimate of drug-likeness (QED) is 0.279. The molecule has 0 aliphatic carbocycles. The number of esters is 1. The van der Waals surface area contributed by atoms with Crippen LogP contribution >= 0.6 is 15.9 Å². The molecule has 0 saturated heterocycles. The number of amides is 1. The Bertz CT molecular complexity index is 1370. The van der Waals surface area contributed by atoms with Crippen LogP contribution in [0.1, 0.15) is 30.5 Å². The van der Waals surface area contributed by atoms with Crippen molar-refractivity contribution >= 4 is 45.5 Å². The Morgan fingerprint density at radius 1 is 1.14 bits per heavy atom. The van der Waals surface area contributed by atoms with Crippen molar-refractivity contribution in [2.45, 2.75) is 20.5 Å². The minimum atomic E-state index is -0.593. The molecule has 4 rings (SSSR count). The van der Waals surface area contributed by atoms with E-state index < -0.39 is 5.97 Å². The van der Waals surface area contributed by atoms with E-state index in [2.05, 4.69) is 26.2 Å². The SMILES string of the molecule is CCOc1cc(/C=C2\N=C(c3ccc(NC(C)=O)cc3)OC2=O)cc(Br)c1OCc1ccccc1F. The molecule has 184 valence electrons. The fourth-order valence-corrected chi connectivity index (χ4v) is 4.00. The van der Waals surface area contributed by atoms with Crippen molar-refractivity contribution in [3.63, 3.8) is 0 Å². The molecule has 0 atom stereocenters. The van der Waals surface area contributed by atoms with Gasteiger partial charge in [0.2, 0.25) is 11.8 Å². The number of nitrogens with zero attached hydrogens (tertiary/aromatic N) is 1. The minimum absolute atomic E-state index is 0.0203. The highest BCUT2D eigenvalue weighted by Gasteiger charge is 2.24. The van der Waals surface area contributed by atoms with Crippen molar-refractivity contribution in [3.8, 4) is 11.5 Å².